The van der Waals surface area contributed by atoms with Crippen molar-refractivity contribution in [2.45, 2.75) is 72.8 Å². The lowest BCUT2D eigenvalue weighted by Crippen LogP contribution is -2.40. The number of hydrogen-bond acceptors (Lipinski definition) is 3. The standard InChI is InChI=1S/C21H33NO2.CH2O3/c1-14-11-18(24-6)12-15(2)19(14)13-20(23)22-17-9-7-16(8-10-17)21(3,4)5;2-1(3)4/h11-12,16-17H,7-10,13H2,1-6H3,(H,22,23);(H2,2,3,4). The van der Waals surface area contributed by atoms with Gasteiger partial charge in [0.15, 0.2) is 0 Å². The van der Waals surface area contributed by atoms with Gasteiger partial charge >= 0.3 is 6.16 Å². The maximum atomic E-state index is 12.5. The third-order valence-electron chi connectivity index (χ3n) is 5.56. The van der Waals surface area contributed by atoms with Gasteiger partial charge in [-0.2, -0.15) is 0 Å². The second kappa shape index (κ2) is 10.3. The summed E-state index contributed by atoms with van der Waals surface area (Å²) < 4.78 is 5.29. The summed E-state index contributed by atoms with van der Waals surface area (Å²) in [5.74, 6) is 1.77. The normalized spacial score (nSPS) is 19.2. The van der Waals surface area contributed by atoms with Crippen molar-refractivity contribution in [2.75, 3.05) is 7.11 Å². The molecule has 0 unspecified atom stereocenters. The fourth-order valence-electron chi connectivity index (χ4n) is 3.89. The quantitative estimate of drug-likeness (QED) is 0.683. The Morgan fingerprint density at radius 2 is 1.54 bits per heavy atom. The highest BCUT2D eigenvalue weighted by molar-refractivity contribution is 5.79. The number of hydrogen-bond donors (Lipinski definition) is 3. The van der Waals surface area contributed by atoms with Gasteiger partial charge < -0.3 is 20.3 Å². The van der Waals surface area contributed by atoms with Gasteiger partial charge in [0.25, 0.3) is 0 Å². The van der Waals surface area contributed by atoms with E-state index in [0.29, 0.717) is 17.9 Å². The van der Waals surface area contributed by atoms with Gasteiger partial charge in [0, 0.05) is 6.04 Å². The molecular weight excluding hydrogens is 358 g/mol. The van der Waals surface area contributed by atoms with E-state index < -0.39 is 6.16 Å². The molecule has 1 saturated carbocycles. The Kier molecular flexibility index (Phi) is 8.79. The summed E-state index contributed by atoms with van der Waals surface area (Å²) >= 11 is 0. The van der Waals surface area contributed by atoms with Crippen LogP contribution in [0.5, 0.6) is 5.75 Å². The average molecular weight is 394 g/mol. The zero-order valence-corrected chi connectivity index (χ0v) is 18.0. The van der Waals surface area contributed by atoms with Gasteiger partial charge in [-0.3, -0.25) is 4.79 Å². The minimum Gasteiger partial charge on any atom is -0.497 e. The number of methoxy groups -OCH3 is 1. The number of carbonyl (C=O) groups is 2. The summed E-state index contributed by atoms with van der Waals surface area (Å²) in [5, 5.41) is 17.2. The third-order valence-corrected chi connectivity index (χ3v) is 5.56. The molecule has 3 N–H and O–H groups in total. The van der Waals surface area contributed by atoms with Crippen molar-refractivity contribution in [1.82, 2.24) is 5.32 Å². The molecule has 0 bridgehead atoms. The van der Waals surface area contributed by atoms with E-state index >= 15 is 0 Å². The highest BCUT2D eigenvalue weighted by Crippen LogP contribution is 2.37. The first kappa shape index (κ1) is 23.8. The average Bonchev–Trinajstić information content (AvgIpc) is 2.57. The fourth-order valence-corrected chi connectivity index (χ4v) is 3.89. The fraction of sp³-hybridized carbons (Fsp3) is 0.636. The van der Waals surface area contributed by atoms with E-state index in [1.54, 1.807) is 7.11 Å². The van der Waals surface area contributed by atoms with E-state index in [1.807, 2.05) is 26.0 Å². The summed E-state index contributed by atoms with van der Waals surface area (Å²) in [6.45, 7) is 11.1. The first-order valence-corrected chi connectivity index (χ1v) is 9.79. The van der Waals surface area contributed by atoms with E-state index in [-0.39, 0.29) is 5.91 Å². The summed E-state index contributed by atoms with van der Waals surface area (Å²) in [7, 11) is 1.68. The van der Waals surface area contributed by atoms with Gasteiger partial charge in [-0.15, -0.1) is 0 Å². The van der Waals surface area contributed by atoms with Gasteiger partial charge in [0.05, 0.1) is 13.5 Å². The van der Waals surface area contributed by atoms with Crippen molar-refractivity contribution in [3.8, 4) is 5.75 Å². The summed E-state index contributed by atoms with van der Waals surface area (Å²) in [6.07, 6.45) is 3.27. The van der Waals surface area contributed by atoms with Crippen LogP contribution in [0.15, 0.2) is 12.1 Å². The van der Waals surface area contributed by atoms with Crippen LogP contribution in [0.25, 0.3) is 0 Å². The number of aryl methyl sites for hydroxylation is 2. The Morgan fingerprint density at radius 3 is 1.93 bits per heavy atom. The van der Waals surface area contributed by atoms with Gasteiger partial charge in [-0.1, -0.05) is 20.8 Å². The van der Waals surface area contributed by atoms with Crippen molar-refractivity contribution < 1.29 is 24.5 Å². The minimum absolute atomic E-state index is 0.144. The molecule has 1 aliphatic carbocycles. The van der Waals surface area contributed by atoms with Gasteiger partial charge in [-0.05, 0) is 79.7 Å². The number of carbonyl (C=O) groups excluding carboxylic acids is 1. The minimum atomic E-state index is -1.83. The lowest BCUT2D eigenvalue weighted by molar-refractivity contribution is -0.121. The summed E-state index contributed by atoms with van der Waals surface area (Å²) in [6, 6.07) is 4.35. The maximum Gasteiger partial charge on any atom is 0.503 e. The smallest absolute Gasteiger partial charge is 0.497 e. The van der Waals surface area contributed by atoms with Crippen molar-refractivity contribution >= 4 is 12.1 Å². The Hall–Kier alpha value is -2.24. The van der Waals surface area contributed by atoms with Crippen LogP contribution in [0, 0.1) is 25.2 Å². The van der Waals surface area contributed by atoms with E-state index in [2.05, 4.69) is 26.1 Å². The summed E-state index contributed by atoms with van der Waals surface area (Å²) in [5.41, 5.74) is 3.75. The highest BCUT2D eigenvalue weighted by Gasteiger charge is 2.30. The zero-order valence-electron chi connectivity index (χ0n) is 18.0. The maximum absolute atomic E-state index is 12.5. The van der Waals surface area contributed by atoms with E-state index in [1.165, 1.54) is 12.8 Å². The molecule has 28 heavy (non-hydrogen) atoms. The molecule has 0 aromatic heterocycles. The molecule has 1 aromatic carbocycles. The Labute approximate surface area is 168 Å². The van der Waals surface area contributed by atoms with Crippen molar-refractivity contribution in [1.29, 1.82) is 0 Å². The molecule has 0 spiro atoms. The van der Waals surface area contributed by atoms with Crippen LogP contribution in [-0.2, 0) is 11.2 Å². The lowest BCUT2D eigenvalue weighted by atomic mass is 9.71. The largest absolute Gasteiger partial charge is 0.503 e. The number of amides is 1. The summed E-state index contributed by atoms with van der Waals surface area (Å²) in [4.78, 5) is 21.0. The van der Waals surface area contributed by atoms with Crippen LogP contribution in [0.1, 0.15) is 63.1 Å². The van der Waals surface area contributed by atoms with Crippen LogP contribution < -0.4 is 10.1 Å². The molecule has 0 radical (unpaired) electrons. The van der Waals surface area contributed by atoms with Gasteiger partial charge in [0.2, 0.25) is 5.91 Å². The number of carboxylic acid groups (broad SMARTS) is 2. The highest BCUT2D eigenvalue weighted by atomic mass is 16.6. The predicted octanol–water partition coefficient (Wildman–Crippen LogP) is 4.80. The zero-order chi connectivity index (χ0) is 21.5. The predicted molar refractivity (Wildman–Crippen MR) is 110 cm³/mol. The van der Waals surface area contributed by atoms with Crippen LogP contribution in [0.2, 0.25) is 0 Å². The molecule has 0 atom stereocenters. The van der Waals surface area contributed by atoms with Crippen LogP contribution in [0.4, 0.5) is 4.79 Å². The Balaban J connectivity index is 0.000000892. The van der Waals surface area contributed by atoms with E-state index in [4.69, 9.17) is 19.7 Å². The molecule has 0 aliphatic heterocycles. The molecular formula is C22H35NO5. The SMILES string of the molecule is COc1cc(C)c(CC(=O)NC2CCC(C(C)(C)C)CC2)c(C)c1.O=C(O)O. The molecule has 0 saturated heterocycles. The molecule has 1 amide bonds. The van der Waals surface area contributed by atoms with Crippen LogP contribution in [0.3, 0.4) is 0 Å². The second-order valence-electron chi connectivity index (χ2n) is 8.68. The Bertz CT molecular complexity index is 643. The molecule has 1 fully saturated rings. The topological polar surface area (TPSA) is 95.9 Å². The second-order valence-corrected chi connectivity index (χ2v) is 8.68. The Morgan fingerprint density at radius 1 is 1.07 bits per heavy atom. The molecule has 6 heteroatoms. The van der Waals surface area contributed by atoms with Gasteiger partial charge in [0.1, 0.15) is 5.75 Å². The molecule has 1 aliphatic rings. The number of nitrogens with one attached hydrogen (secondary N) is 1. The monoisotopic (exact) mass is 393 g/mol. The molecule has 2 rings (SSSR count). The molecule has 1 aromatic rings. The number of ether oxygens (including phenoxy) is 1. The third kappa shape index (κ3) is 7.79. The number of benzene rings is 1. The molecule has 6 nitrogen and oxygen atoms in total. The lowest BCUT2D eigenvalue weighted by Gasteiger charge is -2.37. The van der Waals surface area contributed by atoms with Crippen LogP contribution in [-0.4, -0.2) is 35.4 Å². The van der Waals surface area contributed by atoms with Crippen molar-refractivity contribution in [2.24, 2.45) is 11.3 Å². The molecule has 0 heterocycles. The van der Waals surface area contributed by atoms with Crippen molar-refractivity contribution in [3.05, 3.63) is 28.8 Å². The van der Waals surface area contributed by atoms with E-state index in [9.17, 15) is 4.79 Å². The first-order chi connectivity index (χ1) is 12.9. The van der Waals surface area contributed by atoms with Crippen LogP contribution >= 0.6 is 0 Å². The first-order valence-electron chi connectivity index (χ1n) is 9.79. The van der Waals surface area contributed by atoms with E-state index in [0.717, 1.165) is 41.2 Å². The van der Waals surface area contributed by atoms with Crippen molar-refractivity contribution in [3.63, 3.8) is 0 Å². The van der Waals surface area contributed by atoms with Gasteiger partial charge in [-0.25, -0.2) is 4.79 Å². The molecule has 158 valence electrons. The number of rotatable bonds is 4.